The Morgan fingerprint density at radius 3 is 2.56 bits per heavy atom. The third-order valence-corrected chi connectivity index (χ3v) is 4.71. The van der Waals surface area contributed by atoms with Crippen LogP contribution in [0, 0.1) is 12.8 Å². The van der Waals surface area contributed by atoms with E-state index in [9.17, 15) is 9.59 Å². The molecule has 1 fully saturated rings. The van der Waals surface area contributed by atoms with E-state index in [1.807, 2.05) is 43.3 Å². The van der Waals surface area contributed by atoms with E-state index < -0.39 is 0 Å². The molecule has 27 heavy (non-hydrogen) atoms. The Balaban J connectivity index is 1.57. The first-order chi connectivity index (χ1) is 13.0. The molecule has 1 aliphatic rings. The number of hydrogen-bond acceptors (Lipinski definition) is 3. The van der Waals surface area contributed by atoms with Gasteiger partial charge in [-0.3, -0.25) is 4.79 Å². The average molecular weight is 367 g/mol. The second-order valence-electron chi connectivity index (χ2n) is 6.80. The molecule has 1 saturated heterocycles. The van der Waals surface area contributed by atoms with Gasteiger partial charge in [0.25, 0.3) is 0 Å². The molecule has 6 nitrogen and oxygen atoms in total. The van der Waals surface area contributed by atoms with Gasteiger partial charge in [-0.1, -0.05) is 12.1 Å². The van der Waals surface area contributed by atoms with Crippen molar-refractivity contribution >= 4 is 23.3 Å². The van der Waals surface area contributed by atoms with E-state index in [1.165, 1.54) is 0 Å². The smallest absolute Gasteiger partial charge is 0.321 e. The van der Waals surface area contributed by atoms with Gasteiger partial charge in [-0.15, -0.1) is 0 Å². The molecule has 1 aliphatic heterocycles. The molecule has 3 rings (SSSR count). The third kappa shape index (κ3) is 5.00. The number of rotatable bonds is 4. The number of amides is 3. The topological polar surface area (TPSA) is 70.7 Å². The molecule has 1 heterocycles. The van der Waals surface area contributed by atoms with Crippen LogP contribution in [0.25, 0.3) is 0 Å². The number of benzene rings is 2. The number of aryl methyl sites for hydroxylation is 1. The van der Waals surface area contributed by atoms with E-state index in [4.69, 9.17) is 4.74 Å². The van der Waals surface area contributed by atoms with Crippen molar-refractivity contribution < 1.29 is 14.3 Å². The number of likely N-dealkylation sites (tertiary alicyclic amines) is 1. The van der Waals surface area contributed by atoms with E-state index in [0.29, 0.717) is 13.1 Å². The largest absolute Gasteiger partial charge is 0.497 e. The fourth-order valence-electron chi connectivity index (χ4n) is 3.22. The number of piperidine rings is 1. The SMILES string of the molecule is COc1ccc(NC(=O)[C@H]2CCCN(C(=O)Nc3cccc(C)c3)C2)cc1. The standard InChI is InChI=1S/C21H25N3O3/c1-15-5-3-7-18(13-15)23-21(26)24-12-4-6-16(14-24)20(25)22-17-8-10-19(27-2)11-9-17/h3,5,7-11,13,16H,4,6,12,14H2,1-2H3,(H,22,25)(H,23,26)/t16-/m0/s1. The minimum absolute atomic E-state index is 0.0618. The van der Waals surface area contributed by atoms with Crippen LogP contribution in [0.1, 0.15) is 18.4 Å². The van der Waals surface area contributed by atoms with Gasteiger partial charge in [0.2, 0.25) is 5.91 Å². The molecule has 1 atom stereocenters. The Hall–Kier alpha value is -3.02. The van der Waals surface area contributed by atoms with E-state index in [2.05, 4.69) is 10.6 Å². The molecule has 2 aromatic carbocycles. The summed E-state index contributed by atoms with van der Waals surface area (Å²) in [5.41, 5.74) is 2.58. The van der Waals surface area contributed by atoms with E-state index in [1.54, 1.807) is 24.1 Å². The lowest BCUT2D eigenvalue weighted by Crippen LogP contribution is -2.45. The summed E-state index contributed by atoms with van der Waals surface area (Å²) in [6.45, 7) is 3.06. The van der Waals surface area contributed by atoms with Gasteiger partial charge in [-0.25, -0.2) is 4.79 Å². The summed E-state index contributed by atoms with van der Waals surface area (Å²) in [5.74, 6) is 0.460. The normalized spacial score (nSPS) is 16.5. The molecular formula is C21H25N3O3. The number of methoxy groups -OCH3 is 1. The fraction of sp³-hybridized carbons (Fsp3) is 0.333. The number of anilines is 2. The second kappa shape index (κ2) is 8.58. The maximum absolute atomic E-state index is 12.6. The highest BCUT2D eigenvalue weighted by Crippen LogP contribution is 2.21. The molecule has 0 radical (unpaired) electrons. The molecule has 0 unspecified atom stereocenters. The molecule has 0 saturated carbocycles. The lowest BCUT2D eigenvalue weighted by Gasteiger charge is -2.32. The highest BCUT2D eigenvalue weighted by atomic mass is 16.5. The molecule has 142 valence electrons. The molecule has 0 aliphatic carbocycles. The van der Waals surface area contributed by atoms with Crippen LogP contribution in [0.2, 0.25) is 0 Å². The van der Waals surface area contributed by atoms with Crippen LogP contribution in [0.5, 0.6) is 5.75 Å². The molecule has 0 aromatic heterocycles. The highest BCUT2D eigenvalue weighted by Gasteiger charge is 2.28. The van der Waals surface area contributed by atoms with E-state index >= 15 is 0 Å². The minimum atomic E-state index is -0.218. The summed E-state index contributed by atoms with van der Waals surface area (Å²) in [6.07, 6.45) is 1.58. The maximum Gasteiger partial charge on any atom is 0.321 e. The van der Waals surface area contributed by atoms with Gasteiger partial charge in [0.05, 0.1) is 13.0 Å². The summed E-state index contributed by atoms with van der Waals surface area (Å²) in [4.78, 5) is 26.8. The van der Waals surface area contributed by atoms with Gasteiger partial charge >= 0.3 is 6.03 Å². The zero-order valence-corrected chi connectivity index (χ0v) is 15.7. The van der Waals surface area contributed by atoms with Crippen molar-refractivity contribution in [2.45, 2.75) is 19.8 Å². The zero-order valence-electron chi connectivity index (χ0n) is 15.7. The number of urea groups is 1. The molecule has 6 heteroatoms. The maximum atomic E-state index is 12.6. The molecule has 3 amide bonds. The predicted molar refractivity (Wildman–Crippen MR) is 106 cm³/mol. The predicted octanol–water partition coefficient (Wildman–Crippen LogP) is 3.89. The fourth-order valence-corrected chi connectivity index (χ4v) is 3.22. The Labute approximate surface area is 159 Å². The van der Waals surface area contributed by atoms with Crippen molar-refractivity contribution in [3.05, 3.63) is 54.1 Å². The second-order valence-corrected chi connectivity index (χ2v) is 6.80. The summed E-state index contributed by atoms with van der Waals surface area (Å²) in [5, 5.41) is 5.84. The van der Waals surface area contributed by atoms with Crippen molar-refractivity contribution in [1.82, 2.24) is 4.90 Å². The number of carbonyl (C=O) groups is 2. The first-order valence-electron chi connectivity index (χ1n) is 9.12. The quantitative estimate of drug-likeness (QED) is 0.861. The molecular weight excluding hydrogens is 342 g/mol. The van der Waals surface area contributed by atoms with Crippen LogP contribution in [0.3, 0.4) is 0 Å². The zero-order chi connectivity index (χ0) is 19.2. The lowest BCUT2D eigenvalue weighted by molar-refractivity contribution is -0.121. The van der Waals surface area contributed by atoms with Crippen molar-refractivity contribution in [1.29, 1.82) is 0 Å². The molecule has 2 N–H and O–H groups in total. The van der Waals surface area contributed by atoms with Crippen molar-refractivity contribution in [3.8, 4) is 5.75 Å². The summed E-state index contributed by atoms with van der Waals surface area (Å²) < 4.78 is 5.12. The summed E-state index contributed by atoms with van der Waals surface area (Å²) in [7, 11) is 1.60. The Bertz CT molecular complexity index is 805. The van der Waals surface area contributed by atoms with Crippen LogP contribution in [0.4, 0.5) is 16.2 Å². The average Bonchev–Trinajstić information content (AvgIpc) is 2.68. The lowest BCUT2D eigenvalue weighted by atomic mass is 9.97. The number of hydrogen-bond donors (Lipinski definition) is 2. The number of ether oxygens (including phenoxy) is 1. The first-order valence-corrected chi connectivity index (χ1v) is 9.12. The number of nitrogens with zero attached hydrogens (tertiary/aromatic N) is 1. The van der Waals surface area contributed by atoms with Crippen LogP contribution in [-0.4, -0.2) is 37.0 Å². The minimum Gasteiger partial charge on any atom is -0.497 e. The summed E-state index contributed by atoms with van der Waals surface area (Å²) in [6, 6.07) is 14.7. The Morgan fingerprint density at radius 1 is 1.07 bits per heavy atom. The van der Waals surface area contributed by atoms with Crippen LogP contribution < -0.4 is 15.4 Å². The van der Waals surface area contributed by atoms with Crippen LogP contribution in [0.15, 0.2) is 48.5 Å². The van der Waals surface area contributed by atoms with Crippen molar-refractivity contribution in [2.75, 3.05) is 30.8 Å². The number of nitrogens with one attached hydrogen (secondary N) is 2. The third-order valence-electron chi connectivity index (χ3n) is 4.71. The van der Waals surface area contributed by atoms with Gasteiger partial charge in [0, 0.05) is 24.5 Å². The van der Waals surface area contributed by atoms with Crippen LogP contribution >= 0.6 is 0 Å². The molecule has 0 spiro atoms. The van der Waals surface area contributed by atoms with Crippen LogP contribution in [-0.2, 0) is 4.79 Å². The van der Waals surface area contributed by atoms with Gasteiger partial charge < -0.3 is 20.3 Å². The monoisotopic (exact) mass is 367 g/mol. The first kappa shape index (κ1) is 18.8. The summed E-state index contributed by atoms with van der Waals surface area (Å²) >= 11 is 0. The van der Waals surface area contributed by atoms with E-state index in [-0.39, 0.29) is 17.9 Å². The van der Waals surface area contributed by atoms with Gasteiger partial charge in [-0.05, 0) is 61.7 Å². The van der Waals surface area contributed by atoms with Crippen molar-refractivity contribution in [2.24, 2.45) is 5.92 Å². The van der Waals surface area contributed by atoms with Gasteiger partial charge in [0.1, 0.15) is 5.75 Å². The van der Waals surface area contributed by atoms with Gasteiger partial charge in [0.15, 0.2) is 0 Å². The van der Waals surface area contributed by atoms with Gasteiger partial charge in [-0.2, -0.15) is 0 Å². The van der Waals surface area contributed by atoms with E-state index in [0.717, 1.165) is 35.5 Å². The Morgan fingerprint density at radius 2 is 1.85 bits per heavy atom. The number of carbonyl (C=O) groups excluding carboxylic acids is 2. The molecule has 2 aromatic rings. The highest BCUT2D eigenvalue weighted by molar-refractivity contribution is 5.94. The Kier molecular flexibility index (Phi) is 5.96. The van der Waals surface area contributed by atoms with Crippen molar-refractivity contribution in [3.63, 3.8) is 0 Å². The molecule has 0 bridgehead atoms.